The van der Waals surface area contributed by atoms with E-state index in [0.717, 1.165) is 0 Å². The summed E-state index contributed by atoms with van der Waals surface area (Å²) in [4.78, 5) is 11.6. The first-order valence-electron chi connectivity index (χ1n) is 5.57. The lowest BCUT2D eigenvalue weighted by atomic mass is 9.99. The molecule has 2 unspecified atom stereocenters. The minimum absolute atomic E-state index is 0.119. The maximum atomic E-state index is 13.3. The molecule has 0 radical (unpaired) electrons. The number of amides is 1. The van der Waals surface area contributed by atoms with Crippen molar-refractivity contribution in [1.82, 2.24) is 0 Å². The number of benzene rings is 1. The molecular formula is C12H15F3N2O. The fourth-order valence-electron chi connectivity index (χ4n) is 1.38. The van der Waals surface area contributed by atoms with Crippen LogP contribution in [-0.2, 0) is 4.79 Å². The van der Waals surface area contributed by atoms with Gasteiger partial charge in [0, 0.05) is 12.1 Å². The molecule has 0 heterocycles. The Bertz CT molecular complexity index is 451. The summed E-state index contributed by atoms with van der Waals surface area (Å²) in [5.41, 5.74) is 5.08. The SMILES string of the molecule is CCC(C)C(N)C(=O)Nc1cc(F)cc(F)c1F. The van der Waals surface area contributed by atoms with Gasteiger partial charge in [0.25, 0.3) is 0 Å². The van der Waals surface area contributed by atoms with E-state index < -0.39 is 35.1 Å². The summed E-state index contributed by atoms with van der Waals surface area (Å²) in [6, 6.07) is 0.250. The molecule has 0 spiro atoms. The first kappa shape index (κ1) is 14.5. The van der Waals surface area contributed by atoms with Crippen LogP contribution in [0.25, 0.3) is 0 Å². The number of carbonyl (C=O) groups is 1. The molecule has 3 nitrogen and oxygen atoms in total. The Kier molecular flexibility index (Phi) is 4.72. The molecule has 0 saturated carbocycles. The van der Waals surface area contributed by atoms with E-state index in [-0.39, 0.29) is 5.92 Å². The topological polar surface area (TPSA) is 55.1 Å². The van der Waals surface area contributed by atoms with Crippen LogP contribution in [0, 0.1) is 23.4 Å². The monoisotopic (exact) mass is 260 g/mol. The summed E-state index contributed by atoms with van der Waals surface area (Å²) in [5, 5.41) is 2.09. The molecular weight excluding hydrogens is 245 g/mol. The Morgan fingerprint density at radius 2 is 2.00 bits per heavy atom. The number of anilines is 1. The van der Waals surface area contributed by atoms with Gasteiger partial charge in [0.15, 0.2) is 11.6 Å². The van der Waals surface area contributed by atoms with Gasteiger partial charge in [-0.3, -0.25) is 4.79 Å². The fourth-order valence-corrected chi connectivity index (χ4v) is 1.38. The number of nitrogens with two attached hydrogens (primary N) is 1. The maximum Gasteiger partial charge on any atom is 0.241 e. The Morgan fingerprint density at radius 3 is 2.56 bits per heavy atom. The highest BCUT2D eigenvalue weighted by molar-refractivity contribution is 5.94. The zero-order valence-corrected chi connectivity index (χ0v) is 10.1. The molecule has 18 heavy (non-hydrogen) atoms. The van der Waals surface area contributed by atoms with Gasteiger partial charge >= 0.3 is 0 Å². The van der Waals surface area contributed by atoms with Gasteiger partial charge in [-0.05, 0) is 5.92 Å². The van der Waals surface area contributed by atoms with Crippen molar-refractivity contribution < 1.29 is 18.0 Å². The third kappa shape index (κ3) is 3.22. The predicted molar refractivity (Wildman–Crippen MR) is 62.4 cm³/mol. The third-order valence-corrected chi connectivity index (χ3v) is 2.81. The zero-order chi connectivity index (χ0) is 13.9. The van der Waals surface area contributed by atoms with Crippen molar-refractivity contribution in [3.05, 3.63) is 29.6 Å². The van der Waals surface area contributed by atoms with Gasteiger partial charge in [0.2, 0.25) is 5.91 Å². The third-order valence-electron chi connectivity index (χ3n) is 2.81. The molecule has 3 N–H and O–H groups in total. The van der Waals surface area contributed by atoms with E-state index in [1.807, 2.05) is 6.92 Å². The normalized spacial score (nSPS) is 14.1. The lowest BCUT2D eigenvalue weighted by Gasteiger charge is -2.18. The van der Waals surface area contributed by atoms with E-state index in [1.165, 1.54) is 0 Å². The molecule has 6 heteroatoms. The van der Waals surface area contributed by atoms with Crippen LogP contribution >= 0.6 is 0 Å². The van der Waals surface area contributed by atoms with E-state index in [9.17, 15) is 18.0 Å². The van der Waals surface area contributed by atoms with Crippen molar-refractivity contribution in [2.45, 2.75) is 26.3 Å². The molecule has 0 aliphatic carbocycles. The van der Waals surface area contributed by atoms with Gasteiger partial charge in [-0.25, -0.2) is 13.2 Å². The van der Waals surface area contributed by atoms with Crippen molar-refractivity contribution in [3.8, 4) is 0 Å². The van der Waals surface area contributed by atoms with Gasteiger partial charge in [-0.15, -0.1) is 0 Å². The van der Waals surface area contributed by atoms with Crippen LogP contribution < -0.4 is 11.1 Å². The molecule has 0 aromatic heterocycles. The minimum Gasteiger partial charge on any atom is -0.322 e. The van der Waals surface area contributed by atoms with Gasteiger partial charge in [0.05, 0.1) is 11.7 Å². The van der Waals surface area contributed by atoms with Crippen LogP contribution in [0.5, 0.6) is 0 Å². The second kappa shape index (κ2) is 5.86. The molecule has 0 saturated heterocycles. The minimum atomic E-state index is -1.36. The number of rotatable bonds is 4. The highest BCUT2D eigenvalue weighted by Crippen LogP contribution is 2.19. The highest BCUT2D eigenvalue weighted by atomic mass is 19.2. The Hall–Kier alpha value is -1.56. The van der Waals surface area contributed by atoms with E-state index in [4.69, 9.17) is 5.73 Å². The summed E-state index contributed by atoms with van der Waals surface area (Å²) in [5.74, 6) is -4.43. The zero-order valence-electron chi connectivity index (χ0n) is 10.1. The first-order valence-corrected chi connectivity index (χ1v) is 5.57. The second-order valence-electron chi connectivity index (χ2n) is 4.15. The van der Waals surface area contributed by atoms with E-state index in [2.05, 4.69) is 5.32 Å². The van der Waals surface area contributed by atoms with E-state index in [1.54, 1.807) is 6.92 Å². The second-order valence-corrected chi connectivity index (χ2v) is 4.15. The molecule has 1 aromatic rings. The van der Waals surface area contributed by atoms with Gasteiger partial charge in [-0.1, -0.05) is 20.3 Å². The standard InChI is InChI=1S/C12H15F3N2O/c1-3-6(2)11(16)12(18)17-9-5-7(13)4-8(14)10(9)15/h4-6,11H,3,16H2,1-2H3,(H,17,18). The highest BCUT2D eigenvalue weighted by Gasteiger charge is 2.21. The number of hydrogen-bond acceptors (Lipinski definition) is 2. The summed E-state index contributed by atoms with van der Waals surface area (Å²) >= 11 is 0. The number of carbonyl (C=O) groups excluding carboxylic acids is 1. The molecule has 0 aliphatic heterocycles. The average Bonchev–Trinajstić information content (AvgIpc) is 2.33. The van der Waals surface area contributed by atoms with Crippen molar-refractivity contribution in [3.63, 3.8) is 0 Å². The van der Waals surface area contributed by atoms with Gasteiger partial charge < -0.3 is 11.1 Å². The van der Waals surface area contributed by atoms with Gasteiger partial charge in [-0.2, -0.15) is 0 Å². The largest absolute Gasteiger partial charge is 0.322 e. The van der Waals surface area contributed by atoms with Crippen molar-refractivity contribution in [2.75, 3.05) is 5.32 Å². The van der Waals surface area contributed by atoms with Crippen molar-refractivity contribution in [1.29, 1.82) is 0 Å². The smallest absolute Gasteiger partial charge is 0.241 e. The van der Waals surface area contributed by atoms with Crippen molar-refractivity contribution in [2.24, 2.45) is 11.7 Å². The van der Waals surface area contributed by atoms with Crippen LogP contribution in [0.15, 0.2) is 12.1 Å². The molecule has 1 rings (SSSR count). The summed E-state index contributed by atoms with van der Waals surface area (Å²) in [6.45, 7) is 3.60. The van der Waals surface area contributed by atoms with Gasteiger partial charge in [0.1, 0.15) is 5.82 Å². The molecule has 0 aliphatic rings. The summed E-state index contributed by atoms with van der Waals surface area (Å²) in [7, 11) is 0. The molecule has 1 aromatic carbocycles. The molecule has 100 valence electrons. The predicted octanol–water partition coefficient (Wildman–Crippen LogP) is 2.42. The van der Waals surface area contributed by atoms with Crippen LogP contribution in [0.4, 0.5) is 18.9 Å². The number of halogens is 3. The Balaban J connectivity index is 2.88. The van der Waals surface area contributed by atoms with Crippen molar-refractivity contribution >= 4 is 11.6 Å². The Labute approximate surface area is 103 Å². The Morgan fingerprint density at radius 1 is 1.39 bits per heavy atom. The van der Waals surface area contributed by atoms with Crippen LogP contribution in [0.2, 0.25) is 0 Å². The first-order chi connectivity index (χ1) is 8.36. The van der Waals surface area contributed by atoms with E-state index >= 15 is 0 Å². The van der Waals surface area contributed by atoms with Crippen LogP contribution in [-0.4, -0.2) is 11.9 Å². The average molecular weight is 260 g/mol. The number of nitrogens with one attached hydrogen (secondary N) is 1. The lowest BCUT2D eigenvalue weighted by molar-refractivity contribution is -0.118. The molecule has 1 amide bonds. The lowest BCUT2D eigenvalue weighted by Crippen LogP contribution is -2.40. The number of hydrogen-bond donors (Lipinski definition) is 2. The molecule has 0 fully saturated rings. The molecule has 0 bridgehead atoms. The van der Waals surface area contributed by atoms with E-state index in [0.29, 0.717) is 18.6 Å². The quantitative estimate of drug-likeness (QED) is 0.817. The maximum absolute atomic E-state index is 13.3. The van der Waals surface area contributed by atoms with Crippen LogP contribution in [0.1, 0.15) is 20.3 Å². The fraction of sp³-hybridized carbons (Fsp3) is 0.417. The summed E-state index contributed by atoms with van der Waals surface area (Å²) in [6.07, 6.45) is 0.661. The van der Waals surface area contributed by atoms with Crippen LogP contribution in [0.3, 0.4) is 0 Å². The summed E-state index contributed by atoms with van der Waals surface area (Å²) < 4.78 is 39.1. The molecule has 2 atom stereocenters.